The van der Waals surface area contributed by atoms with Crippen LogP contribution in [0.2, 0.25) is 0 Å². The van der Waals surface area contributed by atoms with E-state index >= 15 is 0 Å². The monoisotopic (exact) mass is 328 g/mol. The lowest BCUT2D eigenvalue weighted by molar-refractivity contribution is -0.354. The Hall–Kier alpha value is -1.66. The molecule has 0 fully saturated rings. The maximum absolute atomic E-state index is 13.3. The molecule has 0 aromatic rings. The normalized spacial score (nSPS) is 15.0. The van der Waals surface area contributed by atoms with E-state index in [2.05, 4.69) is 17.9 Å². The van der Waals surface area contributed by atoms with E-state index in [1.807, 2.05) is 0 Å². The lowest BCUT2D eigenvalue weighted by Crippen LogP contribution is -2.59. The Balaban J connectivity index is 6.44. The molecule has 0 unspecified atom stereocenters. The average Bonchev–Trinajstić information content (AvgIpc) is 2.29. The summed E-state index contributed by atoms with van der Waals surface area (Å²) >= 11 is 0. The van der Waals surface area contributed by atoms with Crippen LogP contribution in [0.4, 0.5) is 26.3 Å². The minimum Gasteiger partial charge on any atom is -0.470 e. The van der Waals surface area contributed by atoms with Gasteiger partial charge in [0.15, 0.2) is 0 Å². The van der Waals surface area contributed by atoms with E-state index in [1.54, 1.807) is 13.8 Å². The highest BCUT2D eigenvalue weighted by Crippen LogP contribution is 2.51. The first-order valence-electron chi connectivity index (χ1n) is 6.30. The molecule has 0 aromatic heterocycles. The second-order valence-corrected chi connectivity index (χ2v) is 4.86. The molecule has 0 rings (SSSR count). The SMILES string of the molecule is C=C/C=C(\C=C)C(OC(C)=CC(C)C)(C(F)(F)F)C(F)(F)F. The van der Waals surface area contributed by atoms with Crippen molar-refractivity contribution in [3.8, 4) is 0 Å². The topological polar surface area (TPSA) is 9.23 Å². The first-order chi connectivity index (χ1) is 9.83. The molecule has 0 saturated heterocycles. The predicted molar refractivity (Wildman–Crippen MR) is 73.0 cm³/mol. The first kappa shape index (κ1) is 20.3. The molecule has 1 nitrogen and oxygen atoms in total. The fourth-order valence-corrected chi connectivity index (χ4v) is 1.86. The molecule has 0 aromatic carbocycles. The van der Waals surface area contributed by atoms with Crippen molar-refractivity contribution in [3.63, 3.8) is 0 Å². The number of alkyl halides is 6. The van der Waals surface area contributed by atoms with E-state index in [4.69, 9.17) is 0 Å². The summed E-state index contributed by atoms with van der Waals surface area (Å²) in [5.41, 5.74) is -5.68. The maximum atomic E-state index is 13.3. The van der Waals surface area contributed by atoms with Gasteiger partial charge < -0.3 is 4.74 Å². The zero-order valence-electron chi connectivity index (χ0n) is 12.5. The van der Waals surface area contributed by atoms with E-state index in [0.29, 0.717) is 12.2 Å². The maximum Gasteiger partial charge on any atom is 0.442 e. The van der Waals surface area contributed by atoms with E-state index in [0.717, 1.165) is 13.0 Å². The van der Waals surface area contributed by atoms with Gasteiger partial charge in [-0.25, -0.2) is 0 Å². The van der Waals surface area contributed by atoms with Crippen LogP contribution in [0.3, 0.4) is 0 Å². The number of allylic oxidation sites excluding steroid dienone is 4. The molecule has 0 spiro atoms. The van der Waals surface area contributed by atoms with Crippen LogP contribution in [0, 0.1) is 5.92 Å². The highest BCUT2D eigenvalue weighted by Gasteiger charge is 2.75. The summed E-state index contributed by atoms with van der Waals surface area (Å²) in [6.45, 7) is 10.4. The zero-order valence-corrected chi connectivity index (χ0v) is 12.5. The summed E-state index contributed by atoms with van der Waals surface area (Å²) in [6, 6.07) is 0. The molecular formula is C15H18F6O. The van der Waals surface area contributed by atoms with Gasteiger partial charge >= 0.3 is 18.0 Å². The van der Waals surface area contributed by atoms with Gasteiger partial charge in [-0.05, 0) is 18.9 Å². The van der Waals surface area contributed by atoms with Crippen molar-refractivity contribution in [2.75, 3.05) is 0 Å². The Labute approximate surface area is 125 Å². The fourth-order valence-electron chi connectivity index (χ4n) is 1.86. The average molecular weight is 328 g/mol. The number of hydrogen-bond donors (Lipinski definition) is 0. The van der Waals surface area contributed by atoms with Gasteiger partial charge in [0.25, 0.3) is 0 Å². The molecule has 0 aliphatic carbocycles. The van der Waals surface area contributed by atoms with E-state index in [-0.39, 0.29) is 5.92 Å². The number of ether oxygens (including phenoxy) is 1. The van der Waals surface area contributed by atoms with Crippen LogP contribution in [0.25, 0.3) is 0 Å². The second-order valence-electron chi connectivity index (χ2n) is 4.86. The van der Waals surface area contributed by atoms with Gasteiger partial charge in [-0.15, -0.1) is 0 Å². The third-order valence-electron chi connectivity index (χ3n) is 2.60. The summed E-state index contributed by atoms with van der Waals surface area (Å²) in [7, 11) is 0. The number of halogens is 6. The highest BCUT2D eigenvalue weighted by atomic mass is 19.4. The van der Waals surface area contributed by atoms with Crippen LogP contribution < -0.4 is 0 Å². The minimum atomic E-state index is -5.74. The first-order valence-corrected chi connectivity index (χ1v) is 6.30. The molecule has 0 saturated carbocycles. The molecule has 0 bridgehead atoms. The molecular weight excluding hydrogens is 310 g/mol. The summed E-state index contributed by atoms with van der Waals surface area (Å²) in [6.07, 6.45) is -8.45. The van der Waals surface area contributed by atoms with Crippen LogP contribution in [-0.4, -0.2) is 18.0 Å². The molecule has 7 heteroatoms. The van der Waals surface area contributed by atoms with Gasteiger partial charge in [0.05, 0.1) is 5.76 Å². The standard InChI is InChI=1S/C15H18F6O/c1-6-8-12(7-2)13(14(16,17)18,15(19,20)21)22-11(5)9-10(3)4/h6-10H,1-2H2,3-5H3/b11-9?,12-8+. The Morgan fingerprint density at radius 1 is 1.00 bits per heavy atom. The van der Waals surface area contributed by atoms with Crippen molar-refractivity contribution >= 4 is 0 Å². The van der Waals surface area contributed by atoms with Crippen molar-refractivity contribution in [2.45, 2.75) is 38.7 Å². The van der Waals surface area contributed by atoms with Crippen LogP contribution in [-0.2, 0) is 4.74 Å². The van der Waals surface area contributed by atoms with Crippen LogP contribution in [0.1, 0.15) is 20.8 Å². The summed E-state index contributed by atoms with van der Waals surface area (Å²) in [5, 5.41) is 0. The van der Waals surface area contributed by atoms with Crippen molar-refractivity contribution in [3.05, 3.63) is 48.8 Å². The fraction of sp³-hybridized carbons (Fsp3) is 0.467. The molecule has 22 heavy (non-hydrogen) atoms. The Morgan fingerprint density at radius 3 is 1.73 bits per heavy atom. The third kappa shape index (κ3) is 4.18. The molecule has 0 heterocycles. The van der Waals surface area contributed by atoms with E-state index < -0.39 is 29.3 Å². The van der Waals surface area contributed by atoms with Crippen molar-refractivity contribution in [2.24, 2.45) is 5.92 Å². The van der Waals surface area contributed by atoms with Crippen LogP contribution in [0.15, 0.2) is 48.8 Å². The lowest BCUT2D eigenvalue weighted by atomic mass is 9.90. The molecule has 0 aliphatic rings. The lowest BCUT2D eigenvalue weighted by Gasteiger charge is -2.38. The Bertz CT molecular complexity index is 451. The van der Waals surface area contributed by atoms with E-state index in [1.165, 1.54) is 6.08 Å². The smallest absolute Gasteiger partial charge is 0.442 e. The van der Waals surface area contributed by atoms with Crippen LogP contribution in [0.5, 0.6) is 0 Å². The van der Waals surface area contributed by atoms with Crippen molar-refractivity contribution in [1.29, 1.82) is 0 Å². The number of rotatable bonds is 6. The highest BCUT2D eigenvalue weighted by molar-refractivity contribution is 5.36. The molecule has 0 N–H and O–H groups in total. The Morgan fingerprint density at radius 2 is 1.45 bits per heavy atom. The molecule has 0 aliphatic heterocycles. The largest absolute Gasteiger partial charge is 0.470 e. The van der Waals surface area contributed by atoms with Gasteiger partial charge in [0.1, 0.15) is 0 Å². The van der Waals surface area contributed by atoms with Crippen molar-refractivity contribution < 1.29 is 31.1 Å². The molecule has 0 amide bonds. The Kier molecular flexibility index (Phi) is 6.53. The zero-order chi connectivity index (χ0) is 17.8. The van der Waals surface area contributed by atoms with Crippen LogP contribution >= 0.6 is 0 Å². The van der Waals surface area contributed by atoms with Gasteiger partial charge in [0, 0.05) is 5.57 Å². The summed E-state index contributed by atoms with van der Waals surface area (Å²) in [5.74, 6) is -0.767. The van der Waals surface area contributed by atoms with E-state index in [9.17, 15) is 26.3 Å². The summed E-state index contributed by atoms with van der Waals surface area (Å²) < 4.78 is 84.4. The molecule has 0 atom stereocenters. The summed E-state index contributed by atoms with van der Waals surface area (Å²) in [4.78, 5) is 0. The number of hydrogen-bond acceptors (Lipinski definition) is 1. The van der Waals surface area contributed by atoms with Crippen molar-refractivity contribution in [1.82, 2.24) is 0 Å². The molecule has 0 radical (unpaired) electrons. The third-order valence-corrected chi connectivity index (χ3v) is 2.60. The van der Waals surface area contributed by atoms with Gasteiger partial charge in [-0.1, -0.05) is 45.2 Å². The van der Waals surface area contributed by atoms with Gasteiger partial charge in [-0.2, -0.15) is 26.3 Å². The van der Waals surface area contributed by atoms with Gasteiger partial charge in [-0.3, -0.25) is 0 Å². The molecule has 126 valence electrons. The minimum absolute atomic E-state index is 0.283. The van der Waals surface area contributed by atoms with Gasteiger partial charge in [0.2, 0.25) is 0 Å². The second kappa shape index (κ2) is 7.07. The quantitative estimate of drug-likeness (QED) is 0.344. The predicted octanol–water partition coefficient (Wildman–Crippen LogP) is 5.72.